The van der Waals surface area contributed by atoms with Crippen LogP contribution in [0.15, 0.2) is 12.5 Å². The summed E-state index contributed by atoms with van der Waals surface area (Å²) < 4.78 is 1.21. The highest BCUT2D eigenvalue weighted by atomic mass is 16.4. The van der Waals surface area contributed by atoms with E-state index in [1.165, 1.54) is 17.1 Å². The molecule has 0 aliphatic heterocycles. The van der Waals surface area contributed by atoms with Gasteiger partial charge in [-0.1, -0.05) is 0 Å². The molecule has 0 saturated heterocycles. The monoisotopic (exact) mass is 212 g/mol. The predicted octanol–water partition coefficient (Wildman–Crippen LogP) is -1.56. The molecule has 7 heteroatoms. The number of hydrogen-bond acceptors (Lipinski definition) is 5. The molecule has 0 radical (unpaired) electrons. The van der Waals surface area contributed by atoms with Crippen LogP contribution < -0.4 is 11.5 Å². The third-order valence-electron chi connectivity index (χ3n) is 1.84. The molecule has 82 valence electrons. The van der Waals surface area contributed by atoms with E-state index in [4.69, 9.17) is 16.6 Å². The molecule has 7 nitrogen and oxygen atoms in total. The quantitative estimate of drug-likeness (QED) is 0.554. The number of aliphatic carboxylic acids is 1. The van der Waals surface area contributed by atoms with Crippen molar-refractivity contribution >= 4 is 11.9 Å². The highest BCUT2D eigenvalue weighted by Crippen LogP contribution is 1.99. The summed E-state index contributed by atoms with van der Waals surface area (Å²) in [4.78, 5) is 25.4. The van der Waals surface area contributed by atoms with Gasteiger partial charge < -0.3 is 16.6 Å². The van der Waals surface area contributed by atoms with Crippen LogP contribution in [0.3, 0.4) is 0 Å². The molecule has 0 bridgehead atoms. The second-order valence-electron chi connectivity index (χ2n) is 3.02. The Hall–Kier alpha value is -1.73. The molecule has 0 aliphatic rings. The molecule has 0 spiro atoms. The first-order chi connectivity index (χ1) is 7.04. The fraction of sp³-hybridized carbons (Fsp3) is 0.375. The molecule has 0 aromatic carbocycles. The first kappa shape index (κ1) is 11.3. The molecule has 1 aromatic heterocycles. The predicted molar refractivity (Wildman–Crippen MR) is 51.2 cm³/mol. The zero-order valence-electron chi connectivity index (χ0n) is 7.96. The molecule has 0 unspecified atom stereocenters. The van der Waals surface area contributed by atoms with Crippen molar-refractivity contribution < 1.29 is 14.7 Å². The maximum Gasteiger partial charge on any atom is 0.320 e. The van der Waals surface area contributed by atoms with Gasteiger partial charge in [0.1, 0.15) is 12.4 Å². The van der Waals surface area contributed by atoms with Crippen LogP contribution in [0.1, 0.15) is 10.5 Å². The maximum atomic E-state index is 11.1. The van der Waals surface area contributed by atoms with Crippen LogP contribution >= 0.6 is 0 Å². The lowest BCUT2D eigenvalue weighted by molar-refractivity contribution is -0.138. The van der Waals surface area contributed by atoms with Crippen LogP contribution in [0.25, 0.3) is 0 Å². The molecule has 1 rings (SSSR count). The summed E-state index contributed by atoms with van der Waals surface area (Å²) in [5.41, 5.74) is 10.9. The summed E-state index contributed by atoms with van der Waals surface area (Å²) in [6.45, 7) is -0.124. The molecule has 15 heavy (non-hydrogen) atoms. The molecular weight excluding hydrogens is 200 g/mol. The van der Waals surface area contributed by atoms with Gasteiger partial charge in [0.05, 0.1) is 12.2 Å². The Morgan fingerprint density at radius 1 is 1.60 bits per heavy atom. The Labute approximate surface area is 85.7 Å². The Kier molecular flexibility index (Phi) is 3.53. The van der Waals surface area contributed by atoms with Crippen LogP contribution in [0, 0.1) is 0 Å². The van der Waals surface area contributed by atoms with Crippen molar-refractivity contribution in [3.05, 3.63) is 18.2 Å². The van der Waals surface area contributed by atoms with E-state index in [-0.39, 0.29) is 18.9 Å². The van der Waals surface area contributed by atoms with Gasteiger partial charge in [-0.25, -0.2) is 4.98 Å². The smallest absolute Gasteiger partial charge is 0.320 e. The first-order valence-corrected chi connectivity index (χ1v) is 4.29. The van der Waals surface area contributed by atoms with Crippen LogP contribution in [-0.2, 0) is 11.2 Å². The summed E-state index contributed by atoms with van der Waals surface area (Å²) in [7, 11) is 0. The van der Waals surface area contributed by atoms with Gasteiger partial charge in [-0.2, -0.15) is 0 Å². The minimum atomic E-state index is -1.10. The summed E-state index contributed by atoms with van der Waals surface area (Å²) in [5.74, 6) is -1.41. The lowest BCUT2D eigenvalue weighted by Crippen LogP contribution is -2.32. The van der Waals surface area contributed by atoms with Gasteiger partial charge in [0.15, 0.2) is 0 Å². The van der Waals surface area contributed by atoms with E-state index < -0.39 is 12.0 Å². The topological polar surface area (TPSA) is 124 Å². The van der Waals surface area contributed by atoms with Crippen molar-refractivity contribution in [2.45, 2.75) is 12.5 Å². The van der Waals surface area contributed by atoms with Crippen molar-refractivity contribution in [3.63, 3.8) is 0 Å². The molecule has 1 aromatic rings. The van der Waals surface area contributed by atoms with E-state index in [0.717, 1.165) is 0 Å². The van der Waals surface area contributed by atoms with Crippen LogP contribution in [0.5, 0.6) is 0 Å². The minimum absolute atomic E-state index is 0.0835. The fourth-order valence-electron chi connectivity index (χ4n) is 1.02. The molecule has 5 N–H and O–H groups in total. The Morgan fingerprint density at radius 3 is 2.80 bits per heavy atom. The van der Waals surface area contributed by atoms with E-state index in [2.05, 4.69) is 4.98 Å². The average molecular weight is 212 g/mol. The Balaban J connectivity index is 2.68. The van der Waals surface area contributed by atoms with E-state index in [1.807, 2.05) is 0 Å². The third-order valence-corrected chi connectivity index (χ3v) is 1.84. The van der Waals surface area contributed by atoms with Crippen LogP contribution in [0.2, 0.25) is 0 Å². The van der Waals surface area contributed by atoms with Gasteiger partial charge in [-0.3, -0.25) is 14.2 Å². The summed E-state index contributed by atoms with van der Waals surface area (Å²) in [6, 6.07) is -1.01. The number of nitrogens with two attached hydrogens (primary N) is 2. The van der Waals surface area contributed by atoms with E-state index in [9.17, 15) is 9.59 Å². The molecule has 0 aliphatic carbocycles. The van der Waals surface area contributed by atoms with Crippen molar-refractivity contribution in [1.82, 2.24) is 9.55 Å². The molecule has 0 saturated carbocycles. The van der Waals surface area contributed by atoms with Crippen LogP contribution in [0.4, 0.5) is 0 Å². The Morgan fingerprint density at radius 2 is 2.27 bits per heavy atom. The molecule has 1 atom stereocenters. The molecule has 0 fully saturated rings. The van der Waals surface area contributed by atoms with Crippen LogP contribution in [-0.4, -0.2) is 39.1 Å². The van der Waals surface area contributed by atoms with Gasteiger partial charge in [0.2, 0.25) is 5.91 Å². The summed E-state index contributed by atoms with van der Waals surface area (Å²) in [6.07, 6.45) is 2.80. The first-order valence-electron chi connectivity index (χ1n) is 4.29. The molecule has 0 amide bonds. The zero-order valence-corrected chi connectivity index (χ0v) is 7.96. The number of carboxylic acids is 1. The Bertz CT molecular complexity index is 374. The second-order valence-corrected chi connectivity index (χ2v) is 3.02. The zero-order chi connectivity index (χ0) is 11.4. The minimum Gasteiger partial charge on any atom is -0.480 e. The van der Waals surface area contributed by atoms with E-state index >= 15 is 0 Å². The average Bonchev–Trinajstić information content (AvgIpc) is 2.65. The van der Waals surface area contributed by atoms with Crippen molar-refractivity contribution in [3.8, 4) is 0 Å². The van der Waals surface area contributed by atoms with Gasteiger partial charge in [0, 0.05) is 12.6 Å². The number of carbonyl (C=O) groups excluding carboxylic acids is 1. The number of carboxylic acid groups (broad SMARTS) is 1. The summed E-state index contributed by atoms with van der Waals surface area (Å²) in [5, 5.41) is 8.56. The largest absolute Gasteiger partial charge is 0.480 e. The summed E-state index contributed by atoms with van der Waals surface area (Å²) >= 11 is 0. The number of hydrogen-bond donors (Lipinski definition) is 3. The van der Waals surface area contributed by atoms with E-state index in [1.54, 1.807) is 0 Å². The van der Waals surface area contributed by atoms with Gasteiger partial charge in [-0.15, -0.1) is 0 Å². The number of carbonyl (C=O) groups is 2. The van der Waals surface area contributed by atoms with Gasteiger partial charge >= 0.3 is 5.97 Å². The standard InChI is InChI=1S/C8H12N4O3/c9-2-7(13)12-3-5(11-4-12)1-6(10)8(14)15/h3-4,6H,1-2,9-10H2,(H,14,15)/t6-/m0/s1. The van der Waals surface area contributed by atoms with Gasteiger partial charge in [0.25, 0.3) is 0 Å². The van der Waals surface area contributed by atoms with Gasteiger partial charge in [-0.05, 0) is 0 Å². The molecule has 1 heterocycles. The number of imidazole rings is 1. The SMILES string of the molecule is NCC(=O)n1cnc(C[C@H](N)C(=O)O)c1. The number of rotatable bonds is 4. The highest BCUT2D eigenvalue weighted by molar-refractivity contribution is 5.80. The van der Waals surface area contributed by atoms with E-state index in [0.29, 0.717) is 5.69 Å². The number of nitrogens with zero attached hydrogens (tertiary/aromatic N) is 2. The lowest BCUT2D eigenvalue weighted by atomic mass is 10.2. The highest BCUT2D eigenvalue weighted by Gasteiger charge is 2.14. The number of aromatic nitrogens is 2. The lowest BCUT2D eigenvalue weighted by Gasteiger charge is -2.02. The van der Waals surface area contributed by atoms with Crippen molar-refractivity contribution in [2.24, 2.45) is 11.5 Å². The maximum absolute atomic E-state index is 11.1. The third kappa shape index (κ3) is 2.86. The normalized spacial score (nSPS) is 12.4. The van der Waals surface area contributed by atoms with Crippen molar-refractivity contribution in [1.29, 1.82) is 0 Å². The van der Waals surface area contributed by atoms with Crippen molar-refractivity contribution in [2.75, 3.05) is 6.54 Å². The fourth-order valence-corrected chi connectivity index (χ4v) is 1.02. The second kappa shape index (κ2) is 4.67. The molecular formula is C8H12N4O3.